The molecule has 0 aliphatic carbocycles. The largest absolute Gasteiger partial charge is 0.494 e. The molecule has 0 saturated carbocycles. The maximum atomic E-state index is 5.30. The lowest BCUT2D eigenvalue weighted by Gasteiger charge is -2.04. The van der Waals surface area contributed by atoms with Gasteiger partial charge in [-0.2, -0.15) is 0 Å². The van der Waals surface area contributed by atoms with Gasteiger partial charge in [0.1, 0.15) is 5.75 Å². The van der Waals surface area contributed by atoms with Gasteiger partial charge in [-0.05, 0) is 43.9 Å². The first-order valence-corrected chi connectivity index (χ1v) is 5.87. The standard InChI is InChI=1S/C14H17N2O/c1-2-17-14-8-6-12(7-9-14)4-3-5-13-10-15-11-16-13/h6-11H,1-5H2,(H,15,16). The van der Waals surface area contributed by atoms with Crippen molar-refractivity contribution < 1.29 is 4.74 Å². The summed E-state index contributed by atoms with van der Waals surface area (Å²) in [6, 6.07) is 8.20. The number of aromatic amines is 1. The Morgan fingerprint density at radius 3 is 2.65 bits per heavy atom. The van der Waals surface area contributed by atoms with Gasteiger partial charge in [0.2, 0.25) is 0 Å². The minimum absolute atomic E-state index is 0.471. The average molecular weight is 229 g/mol. The first-order valence-electron chi connectivity index (χ1n) is 5.87. The second-order valence-electron chi connectivity index (χ2n) is 3.91. The van der Waals surface area contributed by atoms with E-state index in [9.17, 15) is 0 Å². The molecular weight excluding hydrogens is 212 g/mol. The topological polar surface area (TPSA) is 37.9 Å². The Morgan fingerprint density at radius 1 is 1.18 bits per heavy atom. The molecule has 0 aliphatic heterocycles. The van der Waals surface area contributed by atoms with E-state index >= 15 is 0 Å². The van der Waals surface area contributed by atoms with E-state index in [1.165, 1.54) is 5.56 Å². The first-order chi connectivity index (χ1) is 8.38. The van der Waals surface area contributed by atoms with Crippen LogP contribution in [0.1, 0.15) is 17.7 Å². The van der Waals surface area contributed by atoms with Crippen molar-refractivity contribution in [2.45, 2.75) is 19.3 Å². The van der Waals surface area contributed by atoms with E-state index in [2.05, 4.69) is 29.0 Å². The lowest BCUT2D eigenvalue weighted by atomic mass is 10.1. The van der Waals surface area contributed by atoms with E-state index in [0.29, 0.717) is 6.61 Å². The van der Waals surface area contributed by atoms with Crippen LogP contribution in [0.2, 0.25) is 0 Å². The van der Waals surface area contributed by atoms with Crippen LogP contribution in [0.15, 0.2) is 36.8 Å². The van der Waals surface area contributed by atoms with E-state index in [-0.39, 0.29) is 0 Å². The molecule has 3 nitrogen and oxygen atoms in total. The van der Waals surface area contributed by atoms with Gasteiger partial charge in [0.05, 0.1) is 18.6 Å². The first kappa shape index (κ1) is 11.7. The van der Waals surface area contributed by atoms with Crippen molar-refractivity contribution in [3.63, 3.8) is 0 Å². The highest BCUT2D eigenvalue weighted by atomic mass is 16.5. The SMILES string of the molecule is [CH2]COc1ccc(CCCc2c[nH]cn2)cc1. The van der Waals surface area contributed by atoms with Gasteiger partial charge in [-0.3, -0.25) is 0 Å². The van der Waals surface area contributed by atoms with Crippen molar-refractivity contribution in [2.75, 3.05) is 6.61 Å². The van der Waals surface area contributed by atoms with Crippen molar-refractivity contribution >= 4 is 0 Å². The van der Waals surface area contributed by atoms with Crippen molar-refractivity contribution in [1.29, 1.82) is 0 Å². The summed E-state index contributed by atoms with van der Waals surface area (Å²) in [6.45, 7) is 4.12. The fraction of sp³-hybridized carbons (Fsp3) is 0.286. The fourth-order valence-electron chi connectivity index (χ4n) is 1.77. The molecule has 1 aromatic carbocycles. The van der Waals surface area contributed by atoms with Gasteiger partial charge in [0, 0.05) is 6.20 Å². The Labute approximate surface area is 102 Å². The molecule has 17 heavy (non-hydrogen) atoms. The van der Waals surface area contributed by atoms with Crippen LogP contribution < -0.4 is 4.74 Å². The molecule has 0 fully saturated rings. The summed E-state index contributed by atoms with van der Waals surface area (Å²) in [5.74, 6) is 0.885. The molecular formula is C14H17N2O. The number of aryl methyl sites for hydroxylation is 2. The maximum absolute atomic E-state index is 5.30. The molecule has 1 N–H and O–H groups in total. The van der Waals surface area contributed by atoms with E-state index < -0.39 is 0 Å². The van der Waals surface area contributed by atoms with Crippen molar-refractivity contribution in [1.82, 2.24) is 9.97 Å². The van der Waals surface area contributed by atoms with Crippen molar-refractivity contribution in [3.8, 4) is 5.75 Å². The van der Waals surface area contributed by atoms with Gasteiger partial charge in [0.15, 0.2) is 0 Å². The fourth-order valence-corrected chi connectivity index (χ4v) is 1.77. The van der Waals surface area contributed by atoms with E-state index in [0.717, 1.165) is 30.7 Å². The van der Waals surface area contributed by atoms with Gasteiger partial charge < -0.3 is 9.72 Å². The molecule has 89 valence electrons. The lowest BCUT2D eigenvalue weighted by molar-refractivity contribution is 0.361. The Kier molecular flexibility index (Phi) is 4.19. The van der Waals surface area contributed by atoms with Gasteiger partial charge in [-0.15, -0.1) is 0 Å². The predicted octanol–water partition coefficient (Wildman–Crippen LogP) is 2.80. The third-order valence-corrected chi connectivity index (χ3v) is 2.65. The molecule has 0 atom stereocenters. The molecule has 1 aromatic heterocycles. The smallest absolute Gasteiger partial charge is 0.119 e. The predicted molar refractivity (Wildman–Crippen MR) is 67.9 cm³/mol. The van der Waals surface area contributed by atoms with Crippen molar-refractivity contribution in [2.24, 2.45) is 0 Å². The zero-order valence-corrected chi connectivity index (χ0v) is 9.86. The Bertz CT molecular complexity index is 420. The zero-order valence-electron chi connectivity index (χ0n) is 9.86. The number of rotatable bonds is 6. The van der Waals surface area contributed by atoms with Gasteiger partial charge in [-0.25, -0.2) is 4.98 Å². The zero-order chi connectivity index (χ0) is 11.9. The maximum Gasteiger partial charge on any atom is 0.119 e. The van der Waals surface area contributed by atoms with Crippen LogP contribution in [-0.4, -0.2) is 16.6 Å². The molecule has 1 heterocycles. The number of nitrogens with one attached hydrogen (secondary N) is 1. The summed E-state index contributed by atoms with van der Waals surface area (Å²) < 4.78 is 5.30. The number of nitrogens with zero attached hydrogens (tertiary/aromatic N) is 1. The number of H-pyrrole nitrogens is 1. The quantitative estimate of drug-likeness (QED) is 0.827. The molecule has 0 aliphatic rings. The highest BCUT2D eigenvalue weighted by molar-refractivity contribution is 5.27. The van der Waals surface area contributed by atoms with Gasteiger partial charge >= 0.3 is 0 Å². The summed E-state index contributed by atoms with van der Waals surface area (Å²) in [6.07, 6.45) is 6.87. The van der Waals surface area contributed by atoms with Crippen LogP contribution in [0.5, 0.6) is 5.75 Å². The Morgan fingerprint density at radius 2 is 2.00 bits per heavy atom. The molecule has 0 bridgehead atoms. The molecule has 0 amide bonds. The van der Waals surface area contributed by atoms with E-state index in [1.807, 2.05) is 18.3 Å². The molecule has 0 unspecified atom stereocenters. The molecule has 3 heteroatoms. The van der Waals surface area contributed by atoms with Gasteiger partial charge in [-0.1, -0.05) is 12.1 Å². The second-order valence-corrected chi connectivity index (χ2v) is 3.91. The average Bonchev–Trinajstić information content (AvgIpc) is 2.85. The number of imidazole rings is 1. The van der Waals surface area contributed by atoms with Crippen LogP contribution in [0.4, 0.5) is 0 Å². The number of hydrogen-bond donors (Lipinski definition) is 1. The van der Waals surface area contributed by atoms with Crippen LogP contribution in [0.25, 0.3) is 0 Å². The van der Waals surface area contributed by atoms with E-state index in [4.69, 9.17) is 4.74 Å². The summed E-state index contributed by atoms with van der Waals surface area (Å²) in [5, 5.41) is 0. The van der Waals surface area contributed by atoms with Crippen LogP contribution in [0, 0.1) is 6.92 Å². The van der Waals surface area contributed by atoms with Gasteiger partial charge in [0.25, 0.3) is 0 Å². The monoisotopic (exact) mass is 229 g/mol. The number of benzene rings is 1. The normalized spacial score (nSPS) is 10.4. The summed E-state index contributed by atoms with van der Waals surface area (Å²) in [7, 11) is 0. The number of hydrogen-bond acceptors (Lipinski definition) is 2. The summed E-state index contributed by atoms with van der Waals surface area (Å²) >= 11 is 0. The van der Waals surface area contributed by atoms with Crippen LogP contribution in [0.3, 0.4) is 0 Å². The number of ether oxygens (including phenoxy) is 1. The summed E-state index contributed by atoms with van der Waals surface area (Å²) in [4.78, 5) is 7.17. The second kappa shape index (κ2) is 6.09. The highest BCUT2D eigenvalue weighted by Gasteiger charge is 1.98. The summed E-state index contributed by atoms with van der Waals surface area (Å²) in [5.41, 5.74) is 2.46. The van der Waals surface area contributed by atoms with Crippen LogP contribution in [-0.2, 0) is 12.8 Å². The Balaban J connectivity index is 1.79. The highest BCUT2D eigenvalue weighted by Crippen LogP contribution is 2.13. The minimum Gasteiger partial charge on any atom is -0.494 e. The Hall–Kier alpha value is -1.77. The number of aromatic nitrogens is 2. The van der Waals surface area contributed by atoms with Crippen molar-refractivity contribution in [3.05, 3.63) is 55.0 Å². The molecule has 0 saturated heterocycles. The molecule has 0 spiro atoms. The molecule has 2 aromatic rings. The van der Waals surface area contributed by atoms with Crippen LogP contribution >= 0.6 is 0 Å². The molecule has 1 radical (unpaired) electrons. The minimum atomic E-state index is 0.471. The van der Waals surface area contributed by atoms with E-state index in [1.54, 1.807) is 6.33 Å². The molecule has 2 rings (SSSR count). The third-order valence-electron chi connectivity index (χ3n) is 2.65. The lowest BCUT2D eigenvalue weighted by Crippen LogP contribution is -1.93. The third kappa shape index (κ3) is 3.63.